The van der Waals surface area contributed by atoms with Gasteiger partial charge >= 0.3 is 0 Å². The first-order valence-electron chi connectivity index (χ1n) is 8.23. The van der Waals surface area contributed by atoms with Gasteiger partial charge in [-0.15, -0.1) is 0 Å². The zero-order valence-corrected chi connectivity index (χ0v) is 15.8. The highest BCUT2D eigenvalue weighted by molar-refractivity contribution is 7.81. The second kappa shape index (κ2) is 9.12. The topological polar surface area (TPSA) is 52.6 Å². The van der Waals surface area contributed by atoms with Gasteiger partial charge in [-0.25, -0.2) is 0 Å². The van der Waals surface area contributed by atoms with Crippen molar-refractivity contribution < 1.29 is 18.8 Å². The Morgan fingerprint density at radius 1 is 1.13 bits per heavy atom. The maximum Gasteiger partial charge on any atom is 0.228 e. The molecule has 0 heterocycles. The van der Waals surface area contributed by atoms with Crippen LogP contribution in [0.3, 0.4) is 0 Å². The first-order valence-corrected chi connectivity index (χ1v) is 10.3. The Hall–Kier alpha value is -1.28. The van der Waals surface area contributed by atoms with E-state index in [1.807, 2.05) is 13.8 Å². The summed E-state index contributed by atoms with van der Waals surface area (Å²) in [5.74, 6) is 1.05. The summed E-state index contributed by atoms with van der Waals surface area (Å²) in [5.41, 5.74) is 0.00887. The molecular formula is C18H29O4P. The molecule has 0 aliphatic heterocycles. The van der Waals surface area contributed by atoms with Crippen LogP contribution in [0.15, 0.2) is 18.2 Å². The maximum absolute atomic E-state index is 13.5. The van der Waals surface area contributed by atoms with Crippen molar-refractivity contribution in [1.29, 1.82) is 0 Å². The molecule has 1 unspecified atom stereocenters. The van der Waals surface area contributed by atoms with Gasteiger partial charge in [-0.05, 0) is 24.5 Å². The van der Waals surface area contributed by atoms with Crippen LogP contribution in [0.2, 0.25) is 0 Å². The first-order chi connectivity index (χ1) is 10.9. The van der Waals surface area contributed by atoms with Crippen molar-refractivity contribution >= 4 is 12.7 Å². The Kier molecular flexibility index (Phi) is 7.84. The van der Waals surface area contributed by atoms with E-state index in [0.29, 0.717) is 29.4 Å². The quantitative estimate of drug-likeness (QED) is 0.441. The smallest absolute Gasteiger partial charge is 0.228 e. The van der Waals surface area contributed by atoms with E-state index in [-0.39, 0.29) is 11.4 Å². The van der Waals surface area contributed by atoms with Crippen molar-refractivity contribution in [3.63, 3.8) is 0 Å². The van der Waals surface area contributed by atoms with E-state index in [2.05, 4.69) is 6.92 Å². The number of carbonyl (C=O) groups excluding carboxylic acids is 1. The van der Waals surface area contributed by atoms with Crippen molar-refractivity contribution in [2.45, 2.75) is 40.0 Å². The molecule has 5 heteroatoms. The van der Waals surface area contributed by atoms with Gasteiger partial charge < -0.3 is 14.0 Å². The van der Waals surface area contributed by atoms with Crippen molar-refractivity contribution in [2.75, 3.05) is 26.5 Å². The number of benzene rings is 1. The number of hydrogen-bond donors (Lipinski definition) is 0. The minimum absolute atomic E-state index is 0.201. The highest BCUT2D eigenvalue weighted by Crippen LogP contribution is 2.53. The van der Waals surface area contributed by atoms with Gasteiger partial charge in [0, 0.05) is 12.3 Å². The molecule has 4 nitrogen and oxygen atoms in total. The SMILES string of the molecule is CCCCCP(=O)(CC(C)C)C(=O)c1c(OC)cccc1OC. The number of ether oxygens (including phenoxy) is 2. The van der Waals surface area contributed by atoms with Crippen LogP contribution in [0.1, 0.15) is 50.4 Å². The third-order valence-electron chi connectivity index (χ3n) is 3.79. The second-order valence-corrected chi connectivity index (χ2v) is 9.24. The van der Waals surface area contributed by atoms with Crippen LogP contribution in [-0.2, 0) is 4.57 Å². The number of methoxy groups -OCH3 is 2. The predicted molar refractivity (Wildman–Crippen MR) is 95.6 cm³/mol. The third-order valence-corrected chi connectivity index (χ3v) is 7.12. The fourth-order valence-electron chi connectivity index (χ4n) is 2.75. The van der Waals surface area contributed by atoms with Gasteiger partial charge in [0.1, 0.15) is 17.1 Å². The van der Waals surface area contributed by atoms with Gasteiger partial charge in [-0.3, -0.25) is 4.79 Å². The van der Waals surface area contributed by atoms with Gasteiger partial charge in [0.25, 0.3) is 0 Å². The lowest BCUT2D eigenvalue weighted by molar-refractivity contribution is 0.106. The number of unbranched alkanes of at least 4 members (excludes halogenated alkanes) is 2. The zero-order chi connectivity index (χ0) is 17.5. The highest BCUT2D eigenvalue weighted by atomic mass is 31.2. The Balaban J connectivity index is 3.26. The minimum Gasteiger partial charge on any atom is -0.496 e. The lowest BCUT2D eigenvalue weighted by Gasteiger charge is -2.21. The standard InChI is InChI=1S/C18H29O4P/c1-6-7-8-12-23(20,13-14(2)3)18(19)17-15(21-4)10-9-11-16(17)22-5/h9-11,14H,6-8,12-13H2,1-5H3. The number of rotatable bonds is 10. The summed E-state index contributed by atoms with van der Waals surface area (Å²) in [6.07, 6.45) is 3.71. The summed E-state index contributed by atoms with van der Waals surface area (Å²) >= 11 is 0. The molecule has 0 amide bonds. The van der Waals surface area contributed by atoms with Crippen molar-refractivity contribution in [2.24, 2.45) is 5.92 Å². The van der Waals surface area contributed by atoms with E-state index in [4.69, 9.17) is 9.47 Å². The molecule has 0 saturated heterocycles. The monoisotopic (exact) mass is 340 g/mol. The van der Waals surface area contributed by atoms with Crippen LogP contribution in [0.4, 0.5) is 0 Å². The van der Waals surface area contributed by atoms with Gasteiger partial charge in [0.15, 0.2) is 7.14 Å². The van der Waals surface area contributed by atoms with Crippen molar-refractivity contribution in [1.82, 2.24) is 0 Å². The minimum atomic E-state index is -3.00. The zero-order valence-electron chi connectivity index (χ0n) is 14.9. The van der Waals surface area contributed by atoms with E-state index < -0.39 is 7.14 Å². The van der Waals surface area contributed by atoms with E-state index in [1.165, 1.54) is 14.2 Å². The Morgan fingerprint density at radius 3 is 2.13 bits per heavy atom. The molecule has 0 aromatic heterocycles. The number of carbonyl (C=O) groups is 1. The molecule has 0 spiro atoms. The molecule has 1 aromatic carbocycles. The van der Waals surface area contributed by atoms with Gasteiger partial charge in [0.2, 0.25) is 5.52 Å². The molecule has 1 atom stereocenters. The fraction of sp³-hybridized carbons (Fsp3) is 0.611. The van der Waals surface area contributed by atoms with Crippen LogP contribution in [0.5, 0.6) is 11.5 Å². The molecule has 0 radical (unpaired) electrons. The average molecular weight is 340 g/mol. The fourth-order valence-corrected chi connectivity index (χ4v) is 5.84. The summed E-state index contributed by atoms with van der Waals surface area (Å²) in [6.45, 7) is 6.09. The average Bonchev–Trinajstić information content (AvgIpc) is 2.52. The molecule has 23 heavy (non-hydrogen) atoms. The molecule has 0 aliphatic rings. The molecule has 0 saturated carbocycles. The third kappa shape index (κ3) is 5.10. The van der Waals surface area contributed by atoms with Gasteiger partial charge in [-0.1, -0.05) is 39.7 Å². The Bertz CT molecular complexity index is 544. The summed E-state index contributed by atoms with van der Waals surface area (Å²) < 4.78 is 24.1. The Morgan fingerprint density at radius 2 is 1.70 bits per heavy atom. The van der Waals surface area contributed by atoms with Crippen LogP contribution in [0, 0.1) is 5.92 Å². The van der Waals surface area contributed by atoms with E-state index in [1.54, 1.807) is 18.2 Å². The van der Waals surface area contributed by atoms with Crippen molar-refractivity contribution in [3.05, 3.63) is 23.8 Å². The lowest BCUT2D eigenvalue weighted by Crippen LogP contribution is -2.13. The number of hydrogen-bond acceptors (Lipinski definition) is 4. The van der Waals surface area contributed by atoms with Crippen LogP contribution in [-0.4, -0.2) is 32.1 Å². The maximum atomic E-state index is 13.5. The van der Waals surface area contributed by atoms with Crippen LogP contribution in [0.25, 0.3) is 0 Å². The molecule has 1 aromatic rings. The summed E-state index contributed by atoms with van der Waals surface area (Å²) in [5, 5.41) is 0. The van der Waals surface area contributed by atoms with Crippen LogP contribution < -0.4 is 9.47 Å². The van der Waals surface area contributed by atoms with Gasteiger partial charge in [0.05, 0.1) is 14.2 Å². The summed E-state index contributed by atoms with van der Waals surface area (Å²) in [4.78, 5) is 13.1. The molecule has 0 bridgehead atoms. The highest BCUT2D eigenvalue weighted by Gasteiger charge is 2.36. The van der Waals surface area contributed by atoms with Crippen molar-refractivity contribution in [3.8, 4) is 11.5 Å². The molecule has 0 N–H and O–H groups in total. The van der Waals surface area contributed by atoms with E-state index in [9.17, 15) is 9.36 Å². The second-order valence-electron chi connectivity index (χ2n) is 6.24. The normalized spacial score (nSPS) is 13.7. The Labute approximate surface area is 139 Å². The molecular weight excluding hydrogens is 311 g/mol. The lowest BCUT2D eigenvalue weighted by atomic mass is 10.2. The first kappa shape index (κ1) is 19.8. The van der Waals surface area contributed by atoms with Crippen LogP contribution >= 0.6 is 7.14 Å². The van der Waals surface area contributed by atoms with E-state index in [0.717, 1.165) is 19.3 Å². The molecule has 1 rings (SSSR count). The molecule has 130 valence electrons. The largest absolute Gasteiger partial charge is 0.496 e. The summed E-state index contributed by atoms with van der Waals surface area (Å²) in [6, 6.07) is 5.18. The summed E-state index contributed by atoms with van der Waals surface area (Å²) in [7, 11) is 0.0226. The van der Waals surface area contributed by atoms with Gasteiger partial charge in [-0.2, -0.15) is 0 Å². The van der Waals surface area contributed by atoms with E-state index >= 15 is 0 Å². The predicted octanol–water partition coefficient (Wildman–Crippen LogP) is 5.05. The molecule has 0 aliphatic carbocycles. The molecule has 0 fully saturated rings.